The fourth-order valence-electron chi connectivity index (χ4n) is 1.57. The van der Waals surface area contributed by atoms with Gasteiger partial charge in [-0.2, -0.15) is 0 Å². The van der Waals surface area contributed by atoms with Crippen molar-refractivity contribution in [3.8, 4) is 11.5 Å². The van der Waals surface area contributed by atoms with E-state index in [0.29, 0.717) is 23.7 Å². The molecule has 0 bridgehead atoms. The number of aldehydes is 1. The van der Waals surface area contributed by atoms with Gasteiger partial charge in [-0.15, -0.1) is 0 Å². The van der Waals surface area contributed by atoms with E-state index in [9.17, 15) is 4.79 Å². The maximum Gasteiger partial charge on any atom is 0.161 e. The van der Waals surface area contributed by atoms with Crippen molar-refractivity contribution >= 4 is 6.29 Å². The van der Waals surface area contributed by atoms with Crippen molar-refractivity contribution in [1.82, 2.24) is 0 Å². The summed E-state index contributed by atoms with van der Waals surface area (Å²) in [6.07, 6.45) is 0.734. The summed E-state index contributed by atoms with van der Waals surface area (Å²) in [7, 11) is -0.218. The normalized spacial score (nSPS) is 10.6. The van der Waals surface area contributed by atoms with Crippen molar-refractivity contribution < 1.29 is 15.6 Å². The van der Waals surface area contributed by atoms with Gasteiger partial charge in [0.05, 0.1) is 8.46 Å². The summed E-state index contributed by atoms with van der Waals surface area (Å²) in [6, 6.07) is 14.7. The van der Waals surface area contributed by atoms with Gasteiger partial charge in [-0.3, -0.25) is 4.79 Å². The third-order valence-electron chi connectivity index (χ3n) is 2.50. The van der Waals surface area contributed by atoms with Crippen LogP contribution in [0.4, 0.5) is 0 Å². The van der Waals surface area contributed by atoms with Gasteiger partial charge in [-0.1, -0.05) is 30.3 Å². The molecule has 0 saturated heterocycles. The van der Waals surface area contributed by atoms with E-state index in [0.717, 1.165) is 11.8 Å². The third-order valence-corrected chi connectivity index (χ3v) is 2.50. The molecule has 2 rings (SSSR count). The Morgan fingerprint density at radius 1 is 1.17 bits per heavy atom. The molecule has 2 aromatic rings. The Kier molecular flexibility index (Phi) is 3.53. The molecule has 0 heterocycles. The number of ether oxygens (including phenoxy) is 2. The summed E-state index contributed by atoms with van der Waals surface area (Å²) in [5, 5.41) is 0. The molecule has 0 amide bonds. The van der Waals surface area contributed by atoms with Crippen LogP contribution >= 0.6 is 0 Å². The van der Waals surface area contributed by atoms with Gasteiger partial charge in [0.2, 0.25) is 0 Å². The minimum absolute atomic E-state index is 0.218. The first-order valence-corrected chi connectivity index (χ1v) is 5.51. The van der Waals surface area contributed by atoms with E-state index in [1.54, 1.807) is 18.2 Å². The third kappa shape index (κ3) is 2.88. The summed E-state index contributed by atoms with van der Waals surface area (Å²) in [4.78, 5) is 10.7. The van der Waals surface area contributed by atoms with Crippen LogP contribution in [0.3, 0.4) is 0 Å². The van der Waals surface area contributed by atoms with Crippen molar-refractivity contribution in [3.05, 3.63) is 59.7 Å². The Morgan fingerprint density at radius 2 is 2.00 bits per heavy atom. The fourth-order valence-corrected chi connectivity index (χ4v) is 1.57. The monoisotopic (exact) mass is 243 g/mol. The highest BCUT2D eigenvalue weighted by Gasteiger charge is 2.05. The van der Waals surface area contributed by atoms with Gasteiger partial charge >= 0.3 is 0 Å². The Hall–Kier alpha value is -2.29. The van der Waals surface area contributed by atoms with Crippen LogP contribution in [0.2, 0.25) is 0 Å². The maximum atomic E-state index is 10.7. The van der Waals surface area contributed by atoms with Crippen LogP contribution in [0.5, 0.6) is 11.5 Å². The summed E-state index contributed by atoms with van der Waals surface area (Å²) in [6.45, 7) is 0.412. The Bertz CT molecular complexity index is 540. The number of carbonyl (C=O) groups is 1. The zero-order valence-electron chi connectivity index (χ0n) is 10.8. The number of rotatable bonds is 5. The van der Waals surface area contributed by atoms with Crippen LogP contribution in [0.25, 0.3) is 0 Å². The molecule has 0 unspecified atom stereocenters. The van der Waals surface area contributed by atoms with Crippen molar-refractivity contribution in [2.24, 2.45) is 0 Å². The summed E-state index contributed by atoms with van der Waals surface area (Å²) in [5.74, 6) is 0.942. The van der Waals surface area contributed by atoms with Crippen LogP contribution in [0, 0.1) is 0 Å². The molecular weight excluding hydrogens is 228 g/mol. The zero-order chi connectivity index (χ0) is 13.5. The van der Waals surface area contributed by atoms with E-state index in [-0.39, 0.29) is 7.09 Å². The largest absolute Gasteiger partial charge is 0.493 e. The van der Waals surface area contributed by atoms with Gasteiger partial charge in [-0.25, -0.2) is 0 Å². The lowest BCUT2D eigenvalue weighted by Gasteiger charge is -2.10. The van der Waals surface area contributed by atoms with Crippen LogP contribution in [-0.4, -0.2) is 13.4 Å². The molecule has 3 nitrogen and oxygen atoms in total. The molecule has 0 atom stereocenters. The van der Waals surface area contributed by atoms with Gasteiger partial charge in [0, 0.05) is 5.56 Å². The van der Waals surface area contributed by atoms with Crippen LogP contribution in [-0.2, 0) is 6.61 Å². The highest BCUT2D eigenvalue weighted by atomic mass is 16.5. The molecule has 92 valence electrons. The minimum Gasteiger partial charge on any atom is -0.493 e. The van der Waals surface area contributed by atoms with E-state index >= 15 is 0 Å². The molecular formula is C15H14O3. The predicted molar refractivity (Wildman–Crippen MR) is 69.2 cm³/mol. The van der Waals surface area contributed by atoms with Crippen molar-refractivity contribution in [1.29, 1.82) is 0 Å². The lowest BCUT2D eigenvalue weighted by atomic mass is 10.2. The average Bonchev–Trinajstić information content (AvgIpc) is 2.47. The molecule has 0 radical (unpaired) electrons. The molecule has 0 N–H and O–H groups in total. The van der Waals surface area contributed by atoms with Gasteiger partial charge in [0.25, 0.3) is 0 Å². The first-order chi connectivity index (χ1) is 9.33. The molecule has 3 heteroatoms. The van der Waals surface area contributed by atoms with Crippen LogP contribution in [0.15, 0.2) is 48.5 Å². The summed E-state index contributed by atoms with van der Waals surface area (Å²) < 4.78 is 17.9. The first kappa shape index (κ1) is 10.8. The second kappa shape index (κ2) is 5.87. The second-order valence-electron chi connectivity index (χ2n) is 3.74. The zero-order valence-corrected chi connectivity index (χ0v) is 9.84. The highest BCUT2D eigenvalue weighted by Crippen LogP contribution is 2.28. The summed E-state index contributed by atoms with van der Waals surface area (Å²) >= 11 is 0. The minimum atomic E-state index is -0.218. The highest BCUT2D eigenvalue weighted by molar-refractivity contribution is 5.76. The first-order valence-electron chi connectivity index (χ1n) is 6.22. The smallest absolute Gasteiger partial charge is 0.161 e. The molecule has 0 spiro atoms. The number of carbonyl (C=O) groups excluding carboxylic acids is 1. The van der Waals surface area contributed by atoms with E-state index in [4.69, 9.17) is 10.8 Å². The molecule has 0 aliphatic carbocycles. The van der Waals surface area contributed by atoms with Crippen molar-refractivity contribution in [3.63, 3.8) is 0 Å². The lowest BCUT2D eigenvalue weighted by Crippen LogP contribution is -1.98. The molecule has 18 heavy (non-hydrogen) atoms. The van der Waals surface area contributed by atoms with E-state index in [1.165, 1.54) is 0 Å². The van der Waals surface area contributed by atoms with E-state index in [2.05, 4.69) is 0 Å². The Labute approximate surface area is 107 Å². The predicted octanol–water partition coefficient (Wildman–Crippen LogP) is 3.09. The molecule has 0 fully saturated rings. The van der Waals surface area contributed by atoms with Gasteiger partial charge in [-0.05, 0) is 23.8 Å². The van der Waals surface area contributed by atoms with Crippen molar-refractivity contribution in [2.45, 2.75) is 6.61 Å². The van der Waals surface area contributed by atoms with Crippen LogP contribution in [0.1, 0.15) is 17.3 Å². The van der Waals surface area contributed by atoms with Gasteiger partial charge in [0.1, 0.15) is 12.9 Å². The maximum absolute atomic E-state index is 10.7. The van der Waals surface area contributed by atoms with Crippen molar-refractivity contribution in [2.75, 3.05) is 7.09 Å². The summed E-state index contributed by atoms with van der Waals surface area (Å²) in [5.41, 5.74) is 1.54. The molecule has 0 aliphatic heterocycles. The Balaban J connectivity index is 2.12. The standard InChI is InChI=1S/C15H14O3/c1-17-15-9-13(10-16)7-8-14(15)18-11-12-5-3-2-4-6-12/h2-10H,11H2,1H3/i1D. The number of hydrogen-bond donors (Lipinski definition) is 0. The SMILES string of the molecule is [2H]COc1cc(C=O)ccc1OCc1ccccc1. The topological polar surface area (TPSA) is 35.5 Å². The van der Waals surface area contributed by atoms with Gasteiger partial charge in [0.15, 0.2) is 11.5 Å². The molecule has 0 aromatic heterocycles. The molecule has 0 aliphatic rings. The second-order valence-corrected chi connectivity index (χ2v) is 3.74. The lowest BCUT2D eigenvalue weighted by molar-refractivity contribution is 0.112. The van der Waals surface area contributed by atoms with Crippen LogP contribution < -0.4 is 9.47 Å². The van der Waals surface area contributed by atoms with Gasteiger partial charge < -0.3 is 9.47 Å². The average molecular weight is 243 g/mol. The molecule has 0 saturated carbocycles. The fraction of sp³-hybridized carbons (Fsp3) is 0.133. The van der Waals surface area contributed by atoms with E-state index in [1.807, 2.05) is 30.3 Å². The quantitative estimate of drug-likeness (QED) is 0.757. The number of hydrogen-bond acceptors (Lipinski definition) is 3. The molecule has 2 aromatic carbocycles. The Morgan fingerprint density at radius 3 is 2.72 bits per heavy atom. The number of benzene rings is 2. The van der Waals surface area contributed by atoms with E-state index < -0.39 is 0 Å². The number of methoxy groups -OCH3 is 1.